The summed E-state index contributed by atoms with van der Waals surface area (Å²) in [4.78, 5) is 24.9. The van der Waals surface area contributed by atoms with Gasteiger partial charge in [0.25, 0.3) is 12.0 Å². The molecular formula is C24H26BrF2N5O. The molecule has 2 aromatic heterocycles. The second kappa shape index (κ2) is 8.43. The van der Waals surface area contributed by atoms with Crippen LogP contribution in [0.1, 0.15) is 48.2 Å². The van der Waals surface area contributed by atoms with E-state index >= 15 is 0 Å². The third-order valence-corrected chi connectivity index (χ3v) is 8.01. The second-order valence-corrected chi connectivity index (χ2v) is 9.89. The fourth-order valence-corrected chi connectivity index (χ4v) is 5.73. The molecule has 1 aromatic carbocycles. The Hall–Kier alpha value is -2.39. The number of piperidine rings is 3. The average Bonchev–Trinajstić information content (AvgIpc) is 2.81. The molecule has 6 rings (SSSR count). The van der Waals surface area contributed by atoms with Gasteiger partial charge in [-0.2, -0.15) is 0 Å². The van der Waals surface area contributed by atoms with Gasteiger partial charge in [-0.25, -0.2) is 18.7 Å². The van der Waals surface area contributed by atoms with Crippen molar-refractivity contribution in [2.24, 2.45) is 0 Å². The highest BCUT2D eigenvalue weighted by molar-refractivity contribution is 9.10. The van der Waals surface area contributed by atoms with Gasteiger partial charge in [0.1, 0.15) is 16.1 Å². The van der Waals surface area contributed by atoms with Crippen LogP contribution in [-0.2, 0) is 12.1 Å². The largest absolute Gasteiger partial charge is 0.365 e. The molecule has 5 heterocycles. The number of pyridine rings is 1. The standard InChI is InChI=1S/C24H26BrF2N5O/c1-14-16(4-3-5-17(14)21(26)27)12-28-22-18-13-32(24-6-9-31(10-7-24)11-8-24)23(33)19(25)20(18)29-15(2)30-22/h3-5,13,21H,6-12H2,1-2H3,(H,28,29,30). The molecule has 0 unspecified atom stereocenters. The molecule has 3 fully saturated rings. The van der Waals surface area contributed by atoms with Crippen molar-refractivity contribution in [3.05, 3.63) is 61.7 Å². The topological polar surface area (TPSA) is 63.1 Å². The van der Waals surface area contributed by atoms with E-state index in [2.05, 4.69) is 36.1 Å². The van der Waals surface area contributed by atoms with Gasteiger partial charge in [-0.15, -0.1) is 0 Å². The van der Waals surface area contributed by atoms with Gasteiger partial charge in [-0.05, 0) is 60.2 Å². The number of fused-ring (bicyclic) bond motifs is 4. The van der Waals surface area contributed by atoms with E-state index in [1.165, 1.54) is 6.07 Å². The molecule has 0 radical (unpaired) electrons. The summed E-state index contributed by atoms with van der Waals surface area (Å²) < 4.78 is 29.0. The van der Waals surface area contributed by atoms with Gasteiger partial charge in [0.2, 0.25) is 0 Å². The number of anilines is 1. The van der Waals surface area contributed by atoms with Crippen LogP contribution >= 0.6 is 15.9 Å². The van der Waals surface area contributed by atoms with Gasteiger partial charge >= 0.3 is 0 Å². The zero-order valence-corrected chi connectivity index (χ0v) is 20.3. The van der Waals surface area contributed by atoms with Crippen molar-refractivity contribution in [2.45, 2.75) is 51.6 Å². The summed E-state index contributed by atoms with van der Waals surface area (Å²) in [6.07, 6.45) is 2.21. The molecule has 3 aliphatic heterocycles. The van der Waals surface area contributed by atoms with Gasteiger partial charge in [0, 0.05) is 37.9 Å². The van der Waals surface area contributed by atoms with Gasteiger partial charge < -0.3 is 14.8 Å². The lowest BCUT2D eigenvalue weighted by molar-refractivity contribution is 0.0327. The van der Waals surface area contributed by atoms with E-state index in [9.17, 15) is 13.6 Å². The number of benzene rings is 1. The summed E-state index contributed by atoms with van der Waals surface area (Å²) in [5.74, 6) is 1.13. The molecule has 0 aliphatic carbocycles. The lowest BCUT2D eigenvalue weighted by Crippen LogP contribution is -2.56. The van der Waals surface area contributed by atoms with Crippen LogP contribution in [0.5, 0.6) is 0 Å². The van der Waals surface area contributed by atoms with Crippen LogP contribution in [0.25, 0.3) is 10.9 Å². The molecule has 3 aliphatic rings. The average molecular weight is 518 g/mol. The number of nitrogens with one attached hydrogen (secondary N) is 1. The number of aromatic nitrogens is 3. The van der Waals surface area contributed by atoms with Crippen LogP contribution in [0.4, 0.5) is 14.6 Å². The fraction of sp³-hybridized carbons (Fsp3) is 0.458. The third-order valence-electron chi connectivity index (χ3n) is 7.29. The highest BCUT2D eigenvalue weighted by Crippen LogP contribution is 2.39. The van der Waals surface area contributed by atoms with Crippen LogP contribution in [-0.4, -0.2) is 39.1 Å². The summed E-state index contributed by atoms with van der Waals surface area (Å²) in [5, 5.41) is 4.08. The van der Waals surface area contributed by atoms with E-state index in [0.29, 0.717) is 33.7 Å². The molecule has 0 atom stereocenters. The molecule has 174 valence electrons. The molecule has 9 heteroatoms. The summed E-state index contributed by atoms with van der Waals surface area (Å²) in [6.45, 7) is 6.83. The molecule has 0 saturated carbocycles. The number of rotatable bonds is 5. The Balaban J connectivity index is 1.58. The van der Waals surface area contributed by atoms with Crippen molar-refractivity contribution >= 4 is 32.7 Å². The van der Waals surface area contributed by atoms with Gasteiger partial charge in [-0.3, -0.25) is 4.79 Å². The van der Waals surface area contributed by atoms with Crippen LogP contribution in [0.3, 0.4) is 0 Å². The predicted molar refractivity (Wildman–Crippen MR) is 128 cm³/mol. The molecule has 3 saturated heterocycles. The minimum atomic E-state index is -2.52. The van der Waals surface area contributed by atoms with Gasteiger partial charge in [0.05, 0.1) is 16.4 Å². The number of alkyl halides is 2. The zero-order valence-electron chi connectivity index (χ0n) is 18.7. The maximum atomic E-state index is 13.4. The van der Waals surface area contributed by atoms with E-state index in [1.807, 2.05) is 16.8 Å². The first-order chi connectivity index (χ1) is 15.8. The highest BCUT2D eigenvalue weighted by atomic mass is 79.9. The number of hydrogen-bond acceptors (Lipinski definition) is 5. The van der Waals surface area contributed by atoms with E-state index in [-0.39, 0.29) is 16.7 Å². The molecular weight excluding hydrogens is 492 g/mol. The molecule has 33 heavy (non-hydrogen) atoms. The van der Waals surface area contributed by atoms with Crippen molar-refractivity contribution in [3.8, 4) is 0 Å². The molecule has 1 N–H and O–H groups in total. The van der Waals surface area contributed by atoms with E-state index < -0.39 is 6.43 Å². The quantitative estimate of drug-likeness (QED) is 0.520. The lowest BCUT2D eigenvalue weighted by Gasteiger charge is -2.49. The number of halogens is 3. The first-order valence-electron chi connectivity index (χ1n) is 11.2. The molecule has 6 nitrogen and oxygen atoms in total. The van der Waals surface area contributed by atoms with E-state index in [4.69, 9.17) is 0 Å². The Labute approximate surface area is 199 Å². The molecule has 0 spiro atoms. The summed E-state index contributed by atoms with van der Waals surface area (Å²) in [7, 11) is 0. The molecule has 2 bridgehead atoms. The van der Waals surface area contributed by atoms with Crippen molar-refractivity contribution in [1.82, 2.24) is 19.4 Å². The zero-order chi connectivity index (χ0) is 23.3. The normalized spacial score (nSPS) is 22.3. The smallest absolute Gasteiger partial charge is 0.267 e. The predicted octanol–water partition coefficient (Wildman–Crippen LogP) is 4.92. The summed E-state index contributed by atoms with van der Waals surface area (Å²) in [6, 6.07) is 4.95. The van der Waals surface area contributed by atoms with Crippen LogP contribution < -0.4 is 10.9 Å². The molecule has 0 amide bonds. The second-order valence-electron chi connectivity index (χ2n) is 9.10. The van der Waals surface area contributed by atoms with Crippen molar-refractivity contribution < 1.29 is 8.78 Å². The maximum Gasteiger partial charge on any atom is 0.267 e. The van der Waals surface area contributed by atoms with Crippen LogP contribution in [0, 0.1) is 13.8 Å². The first kappa shape index (κ1) is 22.4. The minimum Gasteiger partial charge on any atom is -0.365 e. The fourth-order valence-electron chi connectivity index (χ4n) is 5.23. The lowest BCUT2D eigenvalue weighted by atomic mass is 9.79. The van der Waals surface area contributed by atoms with Crippen molar-refractivity contribution in [2.75, 3.05) is 25.0 Å². The van der Waals surface area contributed by atoms with Crippen LogP contribution in [0.15, 0.2) is 33.7 Å². The Bertz CT molecular complexity index is 1270. The SMILES string of the molecule is Cc1nc(NCc2cccc(C(F)F)c2C)c2cn(C34CCN(CC3)CC4)c(=O)c(Br)c2n1. The van der Waals surface area contributed by atoms with Crippen molar-refractivity contribution in [3.63, 3.8) is 0 Å². The van der Waals surface area contributed by atoms with E-state index in [0.717, 1.165) is 49.8 Å². The summed E-state index contributed by atoms with van der Waals surface area (Å²) >= 11 is 3.52. The minimum absolute atomic E-state index is 0.0392. The van der Waals surface area contributed by atoms with Gasteiger partial charge in [-0.1, -0.05) is 18.2 Å². The Morgan fingerprint density at radius 3 is 2.52 bits per heavy atom. The monoisotopic (exact) mass is 517 g/mol. The van der Waals surface area contributed by atoms with E-state index in [1.54, 1.807) is 19.9 Å². The van der Waals surface area contributed by atoms with Crippen LogP contribution in [0.2, 0.25) is 0 Å². The highest BCUT2D eigenvalue weighted by Gasteiger charge is 2.41. The molecule has 3 aromatic rings. The first-order valence-corrected chi connectivity index (χ1v) is 12.0. The maximum absolute atomic E-state index is 13.4. The number of hydrogen-bond donors (Lipinski definition) is 1. The Kier molecular flexibility index (Phi) is 5.73. The Morgan fingerprint density at radius 2 is 1.85 bits per heavy atom. The summed E-state index contributed by atoms with van der Waals surface area (Å²) in [5.41, 5.74) is 1.70. The number of aryl methyl sites for hydroxylation is 1. The number of nitrogens with zero attached hydrogens (tertiary/aromatic N) is 4. The Morgan fingerprint density at radius 1 is 1.15 bits per heavy atom. The van der Waals surface area contributed by atoms with Gasteiger partial charge in [0.15, 0.2) is 0 Å². The third kappa shape index (κ3) is 3.85. The van der Waals surface area contributed by atoms with Crippen molar-refractivity contribution in [1.29, 1.82) is 0 Å².